The van der Waals surface area contributed by atoms with Crippen molar-refractivity contribution in [2.24, 2.45) is 5.92 Å². The molecular formula is C16H23ClN2O3S. The number of sulfonamides is 1. The zero-order valence-corrected chi connectivity index (χ0v) is 15.3. The van der Waals surface area contributed by atoms with Crippen LogP contribution in [-0.4, -0.2) is 50.7 Å². The molecule has 2 rings (SSSR count). The van der Waals surface area contributed by atoms with Crippen LogP contribution in [-0.2, 0) is 10.0 Å². The molecule has 1 saturated carbocycles. The highest BCUT2D eigenvalue weighted by Gasteiger charge is 2.28. The van der Waals surface area contributed by atoms with Gasteiger partial charge in [0.2, 0.25) is 10.0 Å². The second-order valence-electron chi connectivity index (χ2n) is 6.13. The van der Waals surface area contributed by atoms with E-state index in [1.165, 1.54) is 26.2 Å². The van der Waals surface area contributed by atoms with Crippen LogP contribution in [0, 0.1) is 5.92 Å². The van der Waals surface area contributed by atoms with E-state index in [4.69, 9.17) is 11.6 Å². The average molecular weight is 359 g/mol. The van der Waals surface area contributed by atoms with Crippen molar-refractivity contribution in [3.05, 3.63) is 28.8 Å². The lowest BCUT2D eigenvalue weighted by Crippen LogP contribution is -2.34. The molecule has 1 amide bonds. The summed E-state index contributed by atoms with van der Waals surface area (Å²) in [5, 5.41) is 0.125. The Morgan fingerprint density at radius 2 is 1.96 bits per heavy atom. The molecule has 0 heterocycles. The molecule has 23 heavy (non-hydrogen) atoms. The van der Waals surface area contributed by atoms with E-state index >= 15 is 0 Å². The zero-order chi connectivity index (χ0) is 17.2. The maximum absolute atomic E-state index is 12.7. The molecule has 1 aliphatic rings. The highest BCUT2D eigenvalue weighted by molar-refractivity contribution is 7.89. The number of hydrogen-bond donors (Lipinski definition) is 0. The third-order valence-electron chi connectivity index (χ3n) is 3.89. The Balaban J connectivity index is 2.33. The van der Waals surface area contributed by atoms with Gasteiger partial charge in [-0.15, -0.1) is 0 Å². The fourth-order valence-electron chi connectivity index (χ4n) is 2.37. The lowest BCUT2D eigenvalue weighted by molar-refractivity contribution is 0.0747. The van der Waals surface area contributed by atoms with Gasteiger partial charge in [0.05, 0.1) is 5.02 Å². The van der Waals surface area contributed by atoms with Crippen LogP contribution >= 0.6 is 11.6 Å². The lowest BCUT2D eigenvalue weighted by atomic mass is 10.2. The summed E-state index contributed by atoms with van der Waals surface area (Å²) in [5.41, 5.74) is 0.365. The van der Waals surface area contributed by atoms with Gasteiger partial charge in [-0.1, -0.05) is 18.5 Å². The monoisotopic (exact) mass is 358 g/mol. The quantitative estimate of drug-likeness (QED) is 0.753. The number of rotatable bonds is 7. The number of halogens is 1. The molecule has 0 spiro atoms. The Labute approximate surface area is 143 Å². The van der Waals surface area contributed by atoms with Crippen LogP contribution < -0.4 is 0 Å². The predicted octanol–water partition coefficient (Wildman–Crippen LogP) is 2.85. The molecule has 128 valence electrons. The molecular weight excluding hydrogens is 336 g/mol. The van der Waals surface area contributed by atoms with E-state index in [2.05, 4.69) is 0 Å². The first-order valence-electron chi connectivity index (χ1n) is 7.78. The van der Waals surface area contributed by atoms with Crippen LogP contribution in [0.1, 0.15) is 36.5 Å². The summed E-state index contributed by atoms with van der Waals surface area (Å²) in [4.78, 5) is 14.5. The minimum Gasteiger partial charge on any atom is -0.338 e. The van der Waals surface area contributed by atoms with Gasteiger partial charge >= 0.3 is 0 Å². The van der Waals surface area contributed by atoms with Crippen LogP contribution in [0.5, 0.6) is 0 Å². The third-order valence-corrected chi connectivity index (χ3v) is 6.19. The van der Waals surface area contributed by atoms with Crippen molar-refractivity contribution >= 4 is 27.5 Å². The van der Waals surface area contributed by atoms with Gasteiger partial charge in [-0.05, 0) is 43.4 Å². The Kier molecular flexibility index (Phi) is 5.70. The number of amides is 1. The van der Waals surface area contributed by atoms with Gasteiger partial charge in [0.1, 0.15) is 4.90 Å². The molecule has 0 atom stereocenters. The number of hydrogen-bond acceptors (Lipinski definition) is 3. The van der Waals surface area contributed by atoms with Crippen molar-refractivity contribution in [2.45, 2.75) is 31.1 Å². The Bertz CT molecular complexity index is 685. The molecule has 1 aliphatic carbocycles. The van der Waals surface area contributed by atoms with E-state index in [1.54, 1.807) is 6.07 Å². The van der Waals surface area contributed by atoms with Gasteiger partial charge in [-0.25, -0.2) is 12.7 Å². The second-order valence-corrected chi connectivity index (χ2v) is 8.65. The van der Waals surface area contributed by atoms with E-state index in [0.717, 1.165) is 30.1 Å². The largest absolute Gasteiger partial charge is 0.338 e. The first-order valence-corrected chi connectivity index (χ1v) is 9.60. The van der Waals surface area contributed by atoms with Crippen LogP contribution in [0.15, 0.2) is 23.1 Å². The average Bonchev–Trinajstić information content (AvgIpc) is 3.30. The van der Waals surface area contributed by atoms with Gasteiger partial charge in [0.15, 0.2) is 0 Å². The predicted molar refractivity (Wildman–Crippen MR) is 91.2 cm³/mol. The Morgan fingerprint density at radius 3 is 2.48 bits per heavy atom. The van der Waals surface area contributed by atoms with E-state index < -0.39 is 10.0 Å². The molecule has 7 heteroatoms. The second kappa shape index (κ2) is 7.20. The van der Waals surface area contributed by atoms with E-state index in [1.807, 2.05) is 11.8 Å². The molecule has 0 N–H and O–H groups in total. The summed E-state index contributed by atoms with van der Waals surface area (Å²) in [6.45, 7) is 3.44. The van der Waals surface area contributed by atoms with Crippen molar-refractivity contribution in [3.8, 4) is 0 Å². The van der Waals surface area contributed by atoms with Crippen molar-refractivity contribution in [3.63, 3.8) is 0 Å². The summed E-state index contributed by atoms with van der Waals surface area (Å²) < 4.78 is 25.7. The molecule has 0 aliphatic heterocycles. The minimum atomic E-state index is -3.68. The van der Waals surface area contributed by atoms with E-state index in [-0.39, 0.29) is 15.8 Å². The first-order chi connectivity index (χ1) is 10.8. The Hall–Kier alpha value is -1.11. The molecule has 0 saturated heterocycles. The van der Waals surface area contributed by atoms with Crippen molar-refractivity contribution < 1.29 is 13.2 Å². The van der Waals surface area contributed by atoms with Gasteiger partial charge in [-0.2, -0.15) is 0 Å². The molecule has 1 aromatic rings. The molecule has 0 unspecified atom stereocenters. The molecule has 1 fully saturated rings. The number of carbonyl (C=O) groups is 1. The number of carbonyl (C=O) groups excluding carboxylic acids is 1. The summed E-state index contributed by atoms with van der Waals surface area (Å²) >= 11 is 6.03. The topological polar surface area (TPSA) is 57.7 Å². The minimum absolute atomic E-state index is 0.0297. The van der Waals surface area contributed by atoms with Gasteiger partial charge in [-0.3, -0.25) is 4.79 Å². The fraction of sp³-hybridized carbons (Fsp3) is 0.562. The summed E-state index contributed by atoms with van der Waals surface area (Å²) in [6, 6.07) is 4.46. The molecule has 0 bridgehead atoms. The van der Waals surface area contributed by atoms with Crippen LogP contribution in [0.2, 0.25) is 5.02 Å². The summed E-state index contributed by atoms with van der Waals surface area (Å²) in [5.74, 6) is 0.452. The van der Waals surface area contributed by atoms with E-state index in [9.17, 15) is 13.2 Å². The number of benzene rings is 1. The molecule has 1 aromatic carbocycles. The van der Waals surface area contributed by atoms with Crippen LogP contribution in [0.3, 0.4) is 0 Å². The molecule has 5 nitrogen and oxygen atoms in total. The zero-order valence-electron chi connectivity index (χ0n) is 13.8. The highest BCUT2D eigenvalue weighted by atomic mass is 35.5. The molecule has 0 aromatic heterocycles. The maximum Gasteiger partial charge on any atom is 0.253 e. The third kappa shape index (κ3) is 4.25. The van der Waals surface area contributed by atoms with Crippen LogP contribution in [0.4, 0.5) is 0 Å². The smallest absolute Gasteiger partial charge is 0.253 e. The summed E-state index contributed by atoms with van der Waals surface area (Å²) in [7, 11) is -0.799. The molecule has 0 radical (unpaired) electrons. The SMILES string of the molecule is CCCN(CC1CC1)C(=O)c1ccc(Cl)c(S(=O)(=O)N(C)C)c1. The number of nitrogens with zero attached hydrogens (tertiary/aromatic N) is 2. The Morgan fingerprint density at radius 1 is 1.30 bits per heavy atom. The van der Waals surface area contributed by atoms with Crippen molar-refractivity contribution in [2.75, 3.05) is 27.2 Å². The first kappa shape index (κ1) is 18.2. The lowest BCUT2D eigenvalue weighted by Gasteiger charge is -2.22. The summed E-state index contributed by atoms with van der Waals surface area (Å²) in [6.07, 6.45) is 3.19. The van der Waals surface area contributed by atoms with E-state index in [0.29, 0.717) is 18.0 Å². The highest BCUT2D eigenvalue weighted by Crippen LogP contribution is 2.31. The van der Waals surface area contributed by atoms with Crippen molar-refractivity contribution in [1.82, 2.24) is 9.21 Å². The standard InChI is InChI=1S/C16H23ClN2O3S/c1-4-9-19(11-12-5-6-12)16(20)13-7-8-14(17)15(10-13)23(21,22)18(2)3/h7-8,10,12H,4-6,9,11H2,1-3H3. The van der Waals surface area contributed by atoms with Gasteiger partial charge in [0.25, 0.3) is 5.91 Å². The fourth-order valence-corrected chi connectivity index (χ4v) is 3.76. The maximum atomic E-state index is 12.7. The normalized spacial score (nSPS) is 15.0. The van der Waals surface area contributed by atoms with Crippen molar-refractivity contribution in [1.29, 1.82) is 0 Å². The van der Waals surface area contributed by atoms with Gasteiger partial charge in [0, 0.05) is 32.7 Å². The van der Waals surface area contributed by atoms with Crippen LogP contribution in [0.25, 0.3) is 0 Å². The van der Waals surface area contributed by atoms with Gasteiger partial charge < -0.3 is 4.90 Å².